The average Bonchev–Trinajstić information content (AvgIpc) is 1.99. The number of hydrogen-bond acceptors (Lipinski definition) is 3. The summed E-state index contributed by atoms with van der Waals surface area (Å²) in [5.41, 5.74) is -2.72. The predicted molar refractivity (Wildman–Crippen MR) is 59.4 cm³/mol. The molecule has 0 aromatic heterocycles. The van der Waals surface area contributed by atoms with Crippen molar-refractivity contribution in [3.05, 3.63) is 12.7 Å². The molecule has 0 aliphatic rings. The Morgan fingerprint density at radius 2 is 1.57 bits per heavy atom. The van der Waals surface area contributed by atoms with Gasteiger partial charge in [-0.05, 0) is 34.6 Å². The van der Waals surface area contributed by atoms with Crippen molar-refractivity contribution >= 4 is 7.48 Å². The molecule has 0 aromatic rings. The Morgan fingerprint density at radius 3 is 1.86 bits per heavy atom. The van der Waals surface area contributed by atoms with Crippen molar-refractivity contribution in [2.24, 2.45) is 0 Å². The molecule has 3 nitrogen and oxygen atoms in total. The lowest BCUT2D eigenvalue weighted by Crippen LogP contribution is -2.50. The monoisotopic (exact) mass is 200 g/mol. The molecule has 0 aromatic carbocycles. The Bertz CT molecular complexity index is 204. The zero-order valence-corrected chi connectivity index (χ0v) is 9.79. The van der Waals surface area contributed by atoms with Crippen LogP contribution in [0.1, 0.15) is 34.6 Å². The van der Waals surface area contributed by atoms with Crippen LogP contribution >= 0.6 is 0 Å². The van der Waals surface area contributed by atoms with Crippen LogP contribution in [0, 0.1) is 0 Å². The van der Waals surface area contributed by atoms with Gasteiger partial charge in [-0.2, -0.15) is 0 Å². The normalized spacial score (nSPS) is 17.4. The molecule has 0 saturated carbocycles. The van der Waals surface area contributed by atoms with Gasteiger partial charge in [0.2, 0.25) is 0 Å². The second-order valence-electron chi connectivity index (χ2n) is 4.92. The third kappa shape index (κ3) is 3.82. The maximum Gasteiger partial charge on any atom is 0.312 e. The zero-order chi connectivity index (χ0) is 11.6. The molecule has 0 spiro atoms. The topological polar surface area (TPSA) is 49.7 Å². The second kappa shape index (κ2) is 4.05. The lowest BCUT2D eigenvalue weighted by atomic mass is 9.74. The molecule has 4 heteroatoms. The SMILES string of the molecule is C=CC(C)(O)BOC(C)(C)C(C)(C)O. The van der Waals surface area contributed by atoms with E-state index < -0.39 is 16.7 Å². The summed E-state index contributed by atoms with van der Waals surface area (Å²) in [5, 5.41) is 19.4. The van der Waals surface area contributed by atoms with E-state index in [1.807, 2.05) is 0 Å². The summed E-state index contributed by atoms with van der Waals surface area (Å²) >= 11 is 0. The van der Waals surface area contributed by atoms with Crippen LogP contribution in [0.4, 0.5) is 0 Å². The summed E-state index contributed by atoms with van der Waals surface area (Å²) in [4.78, 5) is 0. The molecule has 1 atom stereocenters. The van der Waals surface area contributed by atoms with Gasteiger partial charge in [-0.1, -0.05) is 6.08 Å². The summed E-state index contributed by atoms with van der Waals surface area (Å²) in [5.74, 6) is 0. The van der Waals surface area contributed by atoms with Crippen molar-refractivity contribution in [3.63, 3.8) is 0 Å². The molecule has 0 radical (unpaired) electrons. The highest BCUT2D eigenvalue weighted by molar-refractivity contribution is 6.32. The zero-order valence-electron chi connectivity index (χ0n) is 9.79. The van der Waals surface area contributed by atoms with Crippen molar-refractivity contribution in [1.29, 1.82) is 0 Å². The van der Waals surface area contributed by atoms with Crippen molar-refractivity contribution < 1.29 is 14.9 Å². The van der Waals surface area contributed by atoms with Crippen molar-refractivity contribution in [3.8, 4) is 0 Å². The minimum absolute atomic E-state index is 0.119. The van der Waals surface area contributed by atoms with Gasteiger partial charge in [0.25, 0.3) is 0 Å². The Balaban J connectivity index is 4.33. The molecule has 1 unspecified atom stereocenters. The highest BCUT2D eigenvalue weighted by Crippen LogP contribution is 2.25. The van der Waals surface area contributed by atoms with Crippen LogP contribution in [-0.4, -0.2) is 34.4 Å². The summed E-state index contributed by atoms with van der Waals surface area (Å²) in [6, 6.07) is 0. The smallest absolute Gasteiger partial charge is 0.312 e. The molecular weight excluding hydrogens is 179 g/mol. The Kier molecular flexibility index (Phi) is 3.96. The van der Waals surface area contributed by atoms with Crippen LogP contribution < -0.4 is 0 Å². The van der Waals surface area contributed by atoms with E-state index in [0.717, 1.165) is 0 Å². The van der Waals surface area contributed by atoms with E-state index in [9.17, 15) is 10.2 Å². The van der Waals surface area contributed by atoms with Gasteiger partial charge in [0, 0.05) is 0 Å². The molecule has 82 valence electrons. The number of hydrogen-bond donors (Lipinski definition) is 2. The molecule has 0 rings (SSSR count). The number of rotatable bonds is 5. The Labute approximate surface area is 87.1 Å². The fourth-order valence-corrected chi connectivity index (χ4v) is 0.562. The minimum atomic E-state index is -1.05. The third-order valence-electron chi connectivity index (χ3n) is 2.64. The van der Waals surface area contributed by atoms with Crippen LogP contribution in [0.3, 0.4) is 0 Å². The second-order valence-corrected chi connectivity index (χ2v) is 4.92. The highest BCUT2D eigenvalue weighted by Gasteiger charge is 2.37. The first-order valence-electron chi connectivity index (χ1n) is 4.74. The third-order valence-corrected chi connectivity index (χ3v) is 2.64. The van der Waals surface area contributed by atoms with E-state index >= 15 is 0 Å². The fourth-order valence-electron chi connectivity index (χ4n) is 0.562. The Morgan fingerprint density at radius 1 is 1.14 bits per heavy atom. The maximum atomic E-state index is 9.78. The molecule has 2 N–H and O–H groups in total. The van der Waals surface area contributed by atoms with Crippen LogP contribution in [0.25, 0.3) is 0 Å². The molecule has 0 fully saturated rings. The van der Waals surface area contributed by atoms with Gasteiger partial charge < -0.3 is 14.9 Å². The van der Waals surface area contributed by atoms with Crippen LogP contribution in [-0.2, 0) is 4.65 Å². The molecule has 0 amide bonds. The van der Waals surface area contributed by atoms with E-state index in [0.29, 0.717) is 0 Å². The summed E-state index contributed by atoms with van der Waals surface area (Å²) in [7, 11) is 0.119. The van der Waals surface area contributed by atoms with Gasteiger partial charge in [-0.25, -0.2) is 0 Å². The van der Waals surface area contributed by atoms with E-state index in [1.165, 1.54) is 6.08 Å². The maximum absolute atomic E-state index is 9.78. The number of aliphatic hydroxyl groups is 2. The lowest BCUT2D eigenvalue weighted by Gasteiger charge is -2.39. The summed E-state index contributed by atoms with van der Waals surface area (Å²) in [6.07, 6.45) is 1.42. The van der Waals surface area contributed by atoms with Gasteiger partial charge in [0.1, 0.15) is 0 Å². The van der Waals surface area contributed by atoms with E-state index in [1.54, 1.807) is 34.6 Å². The fraction of sp³-hybridized carbons (Fsp3) is 0.800. The first-order chi connectivity index (χ1) is 6.02. The standard InChI is InChI=1S/C10H21BO3/c1-7-10(6,13)11-14-9(4,5)8(2,3)12/h7,11-13H,1H2,2-6H3. The van der Waals surface area contributed by atoms with Gasteiger partial charge in [-0.3, -0.25) is 0 Å². The molecule has 0 aliphatic carbocycles. The van der Waals surface area contributed by atoms with Crippen molar-refractivity contribution in [2.45, 2.75) is 51.3 Å². The van der Waals surface area contributed by atoms with E-state index in [-0.39, 0.29) is 7.48 Å². The molecule has 0 bridgehead atoms. The summed E-state index contributed by atoms with van der Waals surface area (Å²) in [6.45, 7) is 12.0. The Hall–Kier alpha value is -0.315. The molecule has 0 heterocycles. The first-order valence-corrected chi connectivity index (χ1v) is 4.74. The van der Waals surface area contributed by atoms with Gasteiger partial charge in [0.15, 0.2) is 0 Å². The van der Waals surface area contributed by atoms with Gasteiger partial charge >= 0.3 is 7.48 Å². The van der Waals surface area contributed by atoms with Crippen LogP contribution in [0.15, 0.2) is 12.7 Å². The average molecular weight is 200 g/mol. The summed E-state index contributed by atoms with van der Waals surface area (Å²) < 4.78 is 5.48. The largest absolute Gasteiger partial charge is 0.428 e. The van der Waals surface area contributed by atoms with Crippen molar-refractivity contribution in [2.75, 3.05) is 0 Å². The molecule has 0 saturated heterocycles. The van der Waals surface area contributed by atoms with Crippen molar-refractivity contribution in [1.82, 2.24) is 0 Å². The molecule has 14 heavy (non-hydrogen) atoms. The predicted octanol–water partition coefficient (Wildman–Crippen LogP) is 0.798. The first kappa shape index (κ1) is 13.7. The lowest BCUT2D eigenvalue weighted by molar-refractivity contribution is -0.0942. The van der Waals surface area contributed by atoms with Crippen LogP contribution in [0.2, 0.25) is 0 Å². The van der Waals surface area contributed by atoms with E-state index in [4.69, 9.17) is 4.65 Å². The molecular formula is C10H21BO3. The molecule has 0 aliphatic heterocycles. The van der Waals surface area contributed by atoms with Gasteiger partial charge in [0.05, 0.1) is 16.7 Å². The van der Waals surface area contributed by atoms with Crippen LogP contribution in [0.5, 0.6) is 0 Å². The van der Waals surface area contributed by atoms with E-state index in [2.05, 4.69) is 6.58 Å². The quantitative estimate of drug-likeness (QED) is 0.509. The highest BCUT2D eigenvalue weighted by atomic mass is 16.5. The minimum Gasteiger partial charge on any atom is -0.428 e. The van der Waals surface area contributed by atoms with Gasteiger partial charge in [-0.15, -0.1) is 6.58 Å².